The van der Waals surface area contributed by atoms with E-state index in [1.54, 1.807) is 6.92 Å². The van der Waals surface area contributed by atoms with Crippen molar-refractivity contribution in [3.8, 4) is 0 Å². The van der Waals surface area contributed by atoms with Gasteiger partial charge in [0.15, 0.2) is 0 Å². The van der Waals surface area contributed by atoms with Crippen molar-refractivity contribution in [3.05, 3.63) is 0 Å². The Labute approximate surface area is 90.5 Å². The first kappa shape index (κ1) is 14.3. The standard InChI is InChI=1S/C10H21NO4/c1-4-14-5-6-15-8(2)7-10(3,11)9(12)13/h8H,4-7,11H2,1-3H3,(H,12,13). The lowest BCUT2D eigenvalue weighted by Gasteiger charge is -2.23. The Morgan fingerprint density at radius 1 is 1.53 bits per heavy atom. The van der Waals surface area contributed by atoms with Gasteiger partial charge in [0.1, 0.15) is 5.54 Å². The minimum Gasteiger partial charge on any atom is -0.480 e. The van der Waals surface area contributed by atoms with Gasteiger partial charge in [-0.3, -0.25) is 4.79 Å². The van der Waals surface area contributed by atoms with Crippen LogP contribution < -0.4 is 5.73 Å². The van der Waals surface area contributed by atoms with Gasteiger partial charge in [-0.1, -0.05) is 0 Å². The Kier molecular flexibility index (Phi) is 6.47. The summed E-state index contributed by atoms with van der Waals surface area (Å²) >= 11 is 0. The maximum atomic E-state index is 10.7. The molecule has 0 rings (SSSR count). The van der Waals surface area contributed by atoms with Crippen molar-refractivity contribution in [2.24, 2.45) is 5.73 Å². The molecule has 0 spiro atoms. The number of nitrogens with two attached hydrogens (primary N) is 1. The van der Waals surface area contributed by atoms with Gasteiger partial charge in [-0.2, -0.15) is 0 Å². The fraction of sp³-hybridized carbons (Fsp3) is 0.900. The van der Waals surface area contributed by atoms with E-state index in [9.17, 15) is 4.79 Å². The zero-order valence-electron chi connectivity index (χ0n) is 9.66. The molecular weight excluding hydrogens is 198 g/mol. The van der Waals surface area contributed by atoms with Gasteiger partial charge in [0.25, 0.3) is 0 Å². The number of ether oxygens (including phenoxy) is 2. The van der Waals surface area contributed by atoms with Crippen molar-refractivity contribution in [2.45, 2.75) is 38.8 Å². The number of carboxylic acid groups (broad SMARTS) is 1. The zero-order chi connectivity index (χ0) is 11.9. The minimum absolute atomic E-state index is 0.184. The third-order valence-corrected chi connectivity index (χ3v) is 2.03. The molecule has 0 heterocycles. The monoisotopic (exact) mass is 219 g/mol. The Morgan fingerprint density at radius 3 is 2.60 bits per heavy atom. The van der Waals surface area contributed by atoms with Gasteiger partial charge < -0.3 is 20.3 Å². The SMILES string of the molecule is CCOCCOC(C)CC(C)(N)C(=O)O. The molecule has 0 saturated heterocycles. The van der Waals surface area contributed by atoms with Crippen LogP contribution >= 0.6 is 0 Å². The molecule has 0 bridgehead atoms. The molecule has 0 aliphatic carbocycles. The van der Waals surface area contributed by atoms with E-state index >= 15 is 0 Å². The summed E-state index contributed by atoms with van der Waals surface area (Å²) in [4.78, 5) is 10.7. The molecule has 0 aliphatic rings. The first-order chi connectivity index (χ1) is 6.90. The van der Waals surface area contributed by atoms with Gasteiger partial charge in [0, 0.05) is 13.0 Å². The predicted octanol–water partition coefficient (Wildman–Crippen LogP) is 0.620. The van der Waals surface area contributed by atoms with Crippen LogP contribution in [0, 0.1) is 0 Å². The summed E-state index contributed by atoms with van der Waals surface area (Å²) in [6.07, 6.45) is 0.102. The molecule has 0 aromatic heterocycles. The van der Waals surface area contributed by atoms with Crippen molar-refractivity contribution in [3.63, 3.8) is 0 Å². The first-order valence-corrected chi connectivity index (χ1v) is 5.11. The molecule has 5 nitrogen and oxygen atoms in total. The van der Waals surface area contributed by atoms with Crippen molar-refractivity contribution in [1.82, 2.24) is 0 Å². The highest BCUT2D eigenvalue weighted by molar-refractivity contribution is 5.77. The van der Waals surface area contributed by atoms with Crippen LogP contribution in [0.4, 0.5) is 0 Å². The van der Waals surface area contributed by atoms with Gasteiger partial charge in [-0.15, -0.1) is 0 Å². The van der Waals surface area contributed by atoms with Crippen molar-refractivity contribution in [1.29, 1.82) is 0 Å². The quantitative estimate of drug-likeness (QED) is 0.585. The molecule has 15 heavy (non-hydrogen) atoms. The average molecular weight is 219 g/mol. The third-order valence-electron chi connectivity index (χ3n) is 2.03. The van der Waals surface area contributed by atoms with Crippen LogP contribution in [0.2, 0.25) is 0 Å². The van der Waals surface area contributed by atoms with E-state index in [0.717, 1.165) is 0 Å². The molecule has 0 radical (unpaired) electrons. The van der Waals surface area contributed by atoms with E-state index in [2.05, 4.69) is 0 Å². The first-order valence-electron chi connectivity index (χ1n) is 5.11. The number of aliphatic carboxylic acids is 1. The molecule has 0 amide bonds. The predicted molar refractivity (Wildman–Crippen MR) is 56.8 cm³/mol. The van der Waals surface area contributed by atoms with Crippen LogP contribution in [-0.4, -0.2) is 42.5 Å². The highest BCUT2D eigenvalue weighted by Gasteiger charge is 2.30. The second-order valence-electron chi connectivity index (χ2n) is 3.81. The number of rotatable bonds is 8. The number of hydrogen-bond acceptors (Lipinski definition) is 4. The van der Waals surface area contributed by atoms with Gasteiger partial charge >= 0.3 is 5.97 Å². The van der Waals surface area contributed by atoms with Crippen molar-refractivity contribution < 1.29 is 19.4 Å². The topological polar surface area (TPSA) is 81.8 Å². The van der Waals surface area contributed by atoms with Gasteiger partial charge in [-0.25, -0.2) is 0 Å². The number of carbonyl (C=O) groups is 1. The molecule has 0 saturated carbocycles. The van der Waals surface area contributed by atoms with Crippen LogP contribution in [0.1, 0.15) is 27.2 Å². The summed E-state index contributed by atoms with van der Waals surface area (Å²) in [6.45, 7) is 6.84. The highest BCUT2D eigenvalue weighted by atomic mass is 16.5. The normalized spacial score (nSPS) is 17.1. The summed E-state index contributed by atoms with van der Waals surface area (Å²) < 4.78 is 10.5. The molecule has 90 valence electrons. The van der Waals surface area contributed by atoms with Crippen LogP contribution in [0.15, 0.2) is 0 Å². The van der Waals surface area contributed by atoms with E-state index in [0.29, 0.717) is 19.8 Å². The molecule has 0 aliphatic heterocycles. The van der Waals surface area contributed by atoms with E-state index in [1.165, 1.54) is 6.92 Å². The number of carboxylic acids is 1. The minimum atomic E-state index is -1.23. The fourth-order valence-corrected chi connectivity index (χ4v) is 1.20. The maximum Gasteiger partial charge on any atom is 0.323 e. The molecule has 2 atom stereocenters. The Balaban J connectivity index is 3.73. The van der Waals surface area contributed by atoms with Gasteiger partial charge in [-0.05, 0) is 20.8 Å². The summed E-state index contributed by atoms with van der Waals surface area (Å²) in [7, 11) is 0. The molecule has 5 heteroatoms. The van der Waals surface area contributed by atoms with E-state index in [-0.39, 0.29) is 12.5 Å². The van der Waals surface area contributed by atoms with Crippen molar-refractivity contribution >= 4 is 5.97 Å². The summed E-state index contributed by atoms with van der Waals surface area (Å²) in [5.41, 5.74) is 4.35. The van der Waals surface area contributed by atoms with Crippen LogP contribution in [0.5, 0.6) is 0 Å². The Morgan fingerprint density at radius 2 is 2.13 bits per heavy atom. The average Bonchev–Trinajstić information content (AvgIpc) is 2.11. The smallest absolute Gasteiger partial charge is 0.323 e. The Hall–Kier alpha value is -0.650. The van der Waals surface area contributed by atoms with Crippen molar-refractivity contribution in [2.75, 3.05) is 19.8 Å². The van der Waals surface area contributed by atoms with Gasteiger partial charge in [0.2, 0.25) is 0 Å². The second-order valence-corrected chi connectivity index (χ2v) is 3.81. The molecule has 3 N–H and O–H groups in total. The molecule has 0 aromatic rings. The molecular formula is C10H21NO4. The van der Waals surface area contributed by atoms with E-state index in [1.807, 2.05) is 6.92 Å². The largest absolute Gasteiger partial charge is 0.480 e. The summed E-state index contributed by atoms with van der Waals surface area (Å²) in [5.74, 6) is -1.01. The second kappa shape index (κ2) is 6.76. The summed E-state index contributed by atoms with van der Waals surface area (Å²) in [6, 6.07) is 0. The fourth-order valence-electron chi connectivity index (χ4n) is 1.20. The van der Waals surface area contributed by atoms with E-state index in [4.69, 9.17) is 20.3 Å². The van der Waals surface area contributed by atoms with Gasteiger partial charge in [0.05, 0.1) is 19.3 Å². The lowest BCUT2D eigenvalue weighted by atomic mass is 9.96. The molecule has 0 aromatic carbocycles. The van der Waals surface area contributed by atoms with Crippen LogP contribution in [-0.2, 0) is 14.3 Å². The van der Waals surface area contributed by atoms with Crippen LogP contribution in [0.3, 0.4) is 0 Å². The molecule has 2 unspecified atom stereocenters. The third kappa shape index (κ3) is 6.43. The maximum absolute atomic E-state index is 10.7. The number of hydrogen-bond donors (Lipinski definition) is 2. The lowest BCUT2D eigenvalue weighted by molar-refractivity contribution is -0.144. The lowest BCUT2D eigenvalue weighted by Crippen LogP contribution is -2.47. The highest BCUT2D eigenvalue weighted by Crippen LogP contribution is 2.11. The molecule has 0 fully saturated rings. The van der Waals surface area contributed by atoms with E-state index < -0.39 is 11.5 Å². The zero-order valence-corrected chi connectivity index (χ0v) is 9.66. The Bertz CT molecular complexity index is 194. The van der Waals surface area contributed by atoms with Crippen LogP contribution in [0.25, 0.3) is 0 Å². The summed E-state index contributed by atoms with van der Waals surface area (Å²) in [5, 5.41) is 8.79.